The van der Waals surface area contributed by atoms with Crippen LogP contribution in [-0.2, 0) is 22.5 Å². The lowest BCUT2D eigenvalue weighted by Crippen LogP contribution is -2.61. The zero-order valence-electron chi connectivity index (χ0n) is 20.6. The Morgan fingerprint density at radius 2 is 2.03 bits per heavy atom. The van der Waals surface area contributed by atoms with Crippen molar-refractivity contribution in [1.29, 1.82) is 0 Å². The molecular weight excluding hydrogens is 499 g/mol. The van der Waals surface area contributed by atoms with Gasteiger partial charge in [0, 0.05) is 17.5 Å². The highest BCUT2D eigenvalue weighted by Crippen LogP contribution is 2.46. The van der Waals surface area contributed by atoms with Crippen LogP contribution in [-0.4, -0.2) is 47.3 Å². The molecule has 2 bridgehead atoms. The molecule has 2 saturated heterocycles. The molecule has 0 radical (unpaired) electrons. The van der Waals surface area contributed by atoms with Gasteiger partial charge in [0.1, 0.15) is 18.1 Å². The minimum Gasteiger partial charge on any atom is -0.497 e. The van der Waals surface area contributed by atoms with E-state index in [1.807, 2.05) is 30.3 Å². The van der Waals surface area contributed by atoms with Gasteiger partial charge in [0.25, 0.3) is 0 Å². The highest BCUT2D eigenvalue weighted by molar-refractivity contribution is 5.85. The van der Waals surface area contributed by atoms with Crippen LogP contribution in [0.1, 0.15) is 43.4 Å². The minimum absolute atomic E-state index is 0. The third kappa shape index (κ3) is 4.95. The van der Waals surface area contributed by atoms with Crippen molar-refractivity contribution >= 4 is 35.0 Å². The fourth-order valence-electron chi connectivity index (χ4n) is 5.63. The number of nitrogens with zero attached hydrogens (tertiary/aromatic N) is 2. The SMILES string of the molecule is COc1ccc2ncc(F)c(CCC34CCC(NCc5ccc6c(n5)OC(=O)CN6)(CC3)CO4)c2c1.Cl. The summed E-state index contributed by atoms with van der Waals surface area (Å²) in [5.41, 5.74) is 2.66. The second kappa shape index (κ2) is 10.0. The van der Waals surface area contributed by atoms with Crippen LogP contribution in [0.5, 0.6) is 11.6 Å². The van der Waals surface area contributed by atoms with Gasteiger partial charge in [-0.05, 0) is 74.4 Å². The average molecular weight is 529 g/mol. The van der Waals surface area contributed by atoms with E-state index in [1.54, 1.807) is 7.11 Å². The van der Waals surface area contributed by atoms with Gasteiger partial charge in [-0.1, -0.05) is 0 Å². The van der Waals surface area contributed by atoms with Crippen molar-refractivity contribution in [2.75, 3.05) is 25.6 Å². The summed E-state index contributed by atoms with van der Waals surface area (Å²) in [5.74, 6) is 0.411. The summed E-state index contributed by atoms with van der Waals surface area (Å²) in [7, 11) is 1.61. The molecule has 3 fully saturated rings. The third-order valence-electron chi connectivity index (χ3n) is 7.93. The van der Waals surface area contributed by atoms with E-state index >= 15 is 0 Å². The van der Waals surface area contributed by atoms with Crippen molar-refractivity contribution < 1.29 is 23.4 Å². The van der Waals surface area contributed by atoms with Crippen molar-refractivity contribution in [2.45, 2.75) is 56.2 Å². The van der Waals surface area contributed by atoms with E-state index in [0.717, 1.165) is 54.4 Å². The molecule has 8 nitrogen and oxygen atoms in total. The number of hydrogen-bond donors (Lipinski definition) is 2. The Morgan fingerprint density at radius 3 is 2.78 bits per heavy atom. The van der Waals surface area contributed by atoms with Crippen LogP contribution in [0, 0.1) is 5.82 Å². The molecule has 1 aliphatic carbocycles. The molecule has 0 unspecified atom stereocenters. The molecule has 10 heteroatoms. The van der Waals surface area contributed by atoms with E-state index < -0.39 is 0 Å². The van der Waals surface area contributed by atoms with Crippen LogP contribution in [0.25, 0.3) is 10.9 Å². The first-order valence-electron chi connectivity index (χ1n) is 12.4. The molecule has 3 aliphatic heterocycles. The standard InChI is InChI=1S/C27H29FN4O4.ClH/c1-34-18-3-5-22-20(12-18)19(21(28)14-29-22)6-7-27-10-8-26(9-11-27,16-35-27)31-13-17-2-4-23-25(32-17)36-24(33)15-30-23;/h2-5,12,14,30-31H,6-11,13,15-16H2,1H3;1H. The van der Waals surface area contributed by atoms with Crippen molar-refractivity contribution in [3.05, 3.63) is 53.6 Å². The highest BCUT2D eigenvalue weighted by atomic mass is 35.5. The lowest BCUT2D eigenvalue weighted by Gasteiger charge is -2.53. The maximum Gasteiger partial charge on any atom is 0.332 e. The normalized spacial score (nSPS) is 24.1. The zero-order chi connectivity index (χ0) is 24.8. The van der Waals surface area contributed by atoms with Crippen molar-refractivity contribution in [3.63, 3.8) is 0 Å². The Hall–Kier alpha value is -3.01. The molecule has 3 aromatic rings. The number of carbonyl (C=O) groups excluding carboxylic acids is 1. The molecule has 196 valence electrons. The number of anilines is 1. The quantitative estimate of drug-likeness (QED) is 0.437. The van der Waals surface area contributed by atoms with Crippen molar-refractivity contribution in [3.8, 4) is 11.6 Å². The number of methoxy groups -OCH3 is 1. The van der Waals surface area contributed by atoms with E-state index in [-0.39, 0.29) is 41.9 Å². The largest absolute Gasteiger partial charge is 0.497 e. The summed E-state index contributed by atoms with van der Waals surface area (Å²) < 4.78 is 31.9. The fraction of sp³-hybridized carbons (Fsp3) is 0.444. The summed E-state index contributed by atoms with van der Waals surface area (Å²) in [4.78, 5) is 20.3. The summed E-state index contributed by atoms with van der Waals surface area (Å²) in [6.07, 6.45) is 6.49. The van der Waals surface area contributed by atoms with Crippen LogP contribution in [0.3, 0.4) is 0 Å². The van der Waals surface area contributed by atoms with Gasteiger partial charge in [-0.25, -0.2) is 14.2 Å². The molecule has 2 N–H and O–H groups in total. The van der Waals surface area contributed by atoms with Crippen molar-refractivity contribution in [1.82, 2.24) is 15.3 Å². The number of aromatic nitrogens is 2. The number of hydrogen-bond acceptors (Lipinski definition) is 8. The predicted molar refractivity (Wildman–Crippen MR) is 139 cm³/mol. The molecule has 5 heterocycles. The zero-order valence-corrected chi connectivity index (χ0v) is 21.5. The first-order chi connectivity index (χ1) is 17.5. The van der Waals surface area contributed by atoms with Crippen molar-refractivity contribution in [2.24, 2.45) is 0 Å². The van der Waals surface area contributed by atoms with Gasteiger partial charge in [0.15, 0.2) is 0 Å². The molecule has 1 aromatic carbocycles. The van der Waals surface area contributed by atoms with Gasteiger partial charge < -0.3 is 24.8 Å². The molecule has 37 heavy (non-hydrogen) atoms. The van der Waals surface area contributed by atoms with Gasteiger partial charge in [0.05, 0.1) is 42.4 Å². The topological polar surface area (TPSA) is 94.6 Å². The smallest absolute Gasteiger partial charge is 0.332 e. The van der Waals surface area contributed by atoms with Crippen LogP contribution >= 0.6 is 12.4 Å². The lowest BCUT2D eigenvalue weighted by atomic mass is 9.69. The van der Waals surface area contributed by atoms with Crippen LogP contribution < -0.4 is 20.1 Å². The molecule has 4 aliphatic rings. The second-order valence-electron chi connectivity index (χ2n) is 10.1. The molecule has 2 aromatic heterocycles. The van der Waals surface area contributed by atoms with Gasteiger partial charge >= 0.3 is 5.97 Å². The van der Waals surface area contributed by atoms with Gasteiger partial charge in [0.2, 0.25) is 5.88 Å². The maximum absolute atomic E-state index is 14.8. The number of benzene rings is 1. The van der Waals surface area contributed by atoms with E-state index in [0.29, 0.717) is 36.8 Å². The Morgan fingerprint density at radius 1 is 1.19 bits per heavy atom. The monoisotopic (exact) mass is 528 g/mol. The summed E-state index contributed by atoms with van der Waals surface area (Å²) in [6.45, 7) is 1.34. The molecule has 0 atom stereocenters. The number of esters is 1. The number of halogens is 2. The van der Waals surface area contributed by atoms with E-state index in [2.05, 4.69) is 20.6 Å². The highest BCUT2D eigenvalue weighted by Gasteiger charge is 2.49. The fourth-order valence-corrected chi connectivity index (χ4v) is 5.63. The third-order valence-corrected chi connectivity index (χ3v) is 7.93. The van der Waals surface area contributed by atoms with E-state index in [9.17, 15) is 9.18 Å². The molecule has 0 spiro atoms. The molecule has 7 rings (SSSR count). The summed E-state index contributed by atoms with van der Waals surface area (Å²) in [6, 6.07) is 9.40. The molecule has 0 amide bonds. The first kappa shape index (κ1) is 25.6. The van der Waals surface area contributed by atoms with Gasteiger partial charge in [-0.15, -0.1) is 12.4 Å². The number of fused-ring (bicyclic) bond motifs is 5. The number of nitrogens with one attached hydrogen (secondary N) is 2. The Labute approximate surface area is 220 Å². The predicted octanol–water partition coefficient (Wildman–Crippen LogP) is 4.33. The second-order valence-corrected chi connectivity index (χ2v) is 10.1. The number of aryl methyl sites for hydroxylation is 1. The molecule has 1 saturated carbocycles. The first-order valence-corrected chi connectivity index (χ1v) is 12.4. The Kier molecular flexibility index (Phi) is 6.95. The van der Waals surface area contributed by atoms with Crippen LogP contribution in [0.2, 0.25) is 0 Å². The van der Waals surface area contributed by atoms with Gasteiger partial charge in [-0.2, -0.15) is 0 Å². The Bertz CT molecular complexity index is 1310. The van der Waals surface area contributed by atoms with Crippen LogP contribution in [0.4, 0.5) is 10.1 Å². The lowest BCUT2D eigenvalue weighted by molar-refractivity contribution is -0.165. The molecular formula is C27H30ClFN4O4. The van der Waals surface area contributed by atoms with Gasteiger partial charge in [-0.3, -0.25) is 4.98 Å². The minimum atomic E-state index is -0.332. The maximum atomic E-state index is 14.8. The van der Waals surface area contributed by atoms with Crippen LogP contribution in [0.15, 0.2) is 36.5 Å². The number of carbonyl (C=O) groups is 1. The van der Waals surface area contributed by atoms with E-state index in [1.165, 1.54) is 6.20 Å². The van der Waals surface area contributed by atoms with E-state index in [4.69, 9.17) is 14.2 Å². The average Bonchev–Trinajstić information content (AvgIpc) is 2.92. The summed E-state index contributed by atoms with van der Waals surface area (Å²) >= 11 is 0. The number of pyridine rings is 2. The Balaban J connectivity index is 0.00000280. The number of ether oxygens (including phenoxy) is 3. The summed E-state index contributed by atoms with van der Waals surface area (Å²) in [5, 5.41) is 7.47. The number of rotatable bonds is 7.